The maximum Gasteiger partial charge on any atom is 0.220 e. The zero-order chi connectivity index (χ0) is 14.3. The minimum Gasteiger partial charge on any atom is -0.396 e. The highest BCUT2D eigenvalue weighted by molar-refractivity contribution is 6.42. The van der Waals surface area contributed by atoms with Gasteiger partial charge in [0.1, 0.15) is 0 Å². The molecule has 1 aromatic carbocycles. The van der Waals surface area contributed by atoms with Crippen LogP contribution in [-0.4, -0.2) is 24.2 Å². The van der Waals surface area contributed by atoms with Crippen LogP contribution in [0.15, 0.2) is 18.2 Å². The molecule has 1 amide bonds. The lowest BCUT2D eigenvalue weighted by Crippen LogP contribution is -2.29. The van der Waals surface area contributed by atoms with Crippen molar-refractivity contribution < 1.29 is 9.90 Å². The fourth-order valence-electron chi connectivity index (χ4n) is 1.59. The van der Waals surface area contributed by atoms with E-state index < -0.39 is 0 Å². The molecule has 106 valence electrons. The minimum absolute atomic E-state index is 0.0142. The summed E-state index contributed by atoms with van der Waals surface area (Å²) in [6.45, 7) is 2.49. The molecule has 2 N–H and O–H groups in total. The van der Waals surface area contributed by atoms with Crippen LogP contribution in [0.2, 0.25) is 10.0 Å². The van der Waals surface area contributed by atoms with E-state index in [2.05, 4.69) is 5.32 Å². The smallest absolute Gasteiger partial charge is 0.220 e. The lowest BCUT2D eigenvalue weighted by Gasteiger charge is -2.09. The van der Waals surface area contributed by atoms with Gasteiger partial charge < -0.3 is 10.4 Å². The van der Waals surface area contributed by atoms with E-state index in [-0.39, 0.29) is 18.4 Å². The Kier molecular flexibility index (Phi) is 7.21. The Labute approximate surface area is 123 Å². The average Bonchev–Trinajstić information content (AvgIpc) is 2.40. The number of carbonyl (C=O) groups excluding carboxylic acids is 1. The van der Waals surface area contributed by atoms with E-state index in [0.717, 1.165) is 18.4 Å². The highest BCUT2D eigenvalue weighted by Crippen LogP contribution is 2.23. The van der Waals surface area contributed by atoms with E-state index in [0.29, 0.717) is 23.0 Å². The van der Waals surface area contributed by atoms with Gasteiger partial charge in [0.05, 0.1) is 10.0 Å². The van der Waals surface area contributed by atoms with Crippen LogP contribution in [0.1, 0.15) is 25.3 Å². The summed E-state index contributed by atoms with van der Waals surface area (Å²) in [7, 11) is 0. The van der Waals surface area contributed by atoms with Crippen LogP contribution in [0, 0.1) is 5.92 Å². The van der Waals surface area contributed by atoms with E-state index in [4.69, 9.17) is 28.3 Å². The molecule has 0 bridgehead atoms. The maximum absolute atomic E-state index is 11.5. The standard InChI is InChI=1S/C14H19Cl2NO2/c1-10(9-18)8-17-14(19)4-2-3-11-5-6-12(15)13(16)7-11/h5-7,10,18H,2-4,8-9H2,1H3,(H,17,19). The number of aliphatic hydroxyl groups excluding tert-OH is 1. The molecule has 19 heavy (non-hydrogen) atoms. The summed E-state index contributed by atoms with van der Waals surface area (Å²) in [5.41, 5.74) is 1.07. The number of nitrogens with one attached hydrogen (secondary N) is 1. The highest BCUT2D eigenvalue weighted by atomic mass is 35.5. The van der Waals surface area contributed by atoms with Crippen molar-refractivity contribution in [3.63, 3.8) is 0 Å². The predicted molar refractivity (Wildman–Crippen MR) is 78.7 cm³/mol. The number of aryl methyl sites for hydroxylation is 1. The second kappa shape index (κ2) is 8.41. The molecular formula is C14H19Cl2NO2. The largest absolute Gasteiger partial charge is 0.396 e. The molecule has 1 aromatic rings. The Morgan fingerprint density at radius 3 is 2.74 bits per heavy atom. The number of rotatable bonds is 7. The number of aliphatic hydroxyl groups is 1. The summed E-state index contributed by atoms with van der Waals surface area (Å²) in [6.07, 6.45) is 2.02. The first-order chi connectivity index (χ1) is 9.02. The summed E-state index contributed by atoms with van der Waals surface area (Å²) in [4.78, 5) is 11.5. The quantitative estimate of drug-likeness (QED) is 0.813. The number of benzene rings is 1. The molecule has 5 heteroatoms. The molecule has 0 aliphatic heterocycles. The van der Waals surface area contributed by atoms with Crippen LogP contribution in [0.5, 0.6) is 0 Å². The van der Waals surface area contributed by atoms with Gasteiger partial charge in [-0.15, -0.1) is 0 Å². The third kappa shape index (κ3) is 6.28. The zero-order valence-electron chi connectivity index (χ0n) is 11.0. The molecule has 0 spiro atoms. The SMILES string of the molecule is CC(CO)CNC(=O)CCCc1ccc(Cl)c(Cl)c1. The molecule has 0 heterocycles. The Balaban J connectivity index is 2.26. The minimum atomic E-state index is 0.0142. The third-order valence-electron chi connectivity index (χ3n) is 2.81. The van der Waals surface area contributed by atoms with Gasteiger partial charge in [0.15, 0.2) is 0 Å². The van der Waals surface area contributed by atoms with E-state index in [1.165, 1.54) is 0 Å². The average molecular weight is 304 g/mol. The van der Waals surface area contributed by atoms with Crippen molar-refractivity contribution in [1.29, 1.82) is 0 Å². The second-order valence-corrected chi connectivity index (χ2v) is 5.51. The fourth-order valence-corrected chi connectivity index (χ4v) is 1.91. The topological polar surface area (TPSA) is 49.3 Å². The normalized spacial score (nSPS) is 12.2. The van der Waals surface area contributed by atoms with Crippen LogP contribution in [0.25, 0.3) is 0 Å². The van der Waals surface area contributed by atoms with Gasteiger partial charge in [-0.2, -0.15) is 0 Å². The summed E-state index contributed by atoms with van der Waals surface area (Å²) in [6, 6.07) is 5.51. The summed E-state index contributed by atoms with van der Waals surface area (Å²) in [5.74, 6) is 0.111. The van der Waals surface area contributed by atoms with Crippen LogP contribution >= 0.6 is 23.2 Å². The monoisotopic (exact) mass is 303 g/mol. The molecule has 0 radical (unpaired) electrons. The first-order valence-corrected chi connectivity index (χ1v) is 7.10. The summed E-state index contributed by atoms with van der Waals surface area (Å²) >= 11 is 11.8. The number of hydrogen-bond acceptors (Lipinski definition) is 2. The molecule has 0 saturated carbocycles. The highest BCUT2D eigenvalue weighted by Gasteiger charge is 2.05. The van der Waals surface area contributed by atoms with Crippen LogP contribution in [0.4, 0.5) is 0 Å². The van der Waals surface area contributed by atoms with Crippen molar-refractivity contribution in [3.8, 4) is 0 Å². The van der Waals surface area contributed by atoms with Crippen LogP contribution in [0.3, 0.4) is 0 Å². The first kappa shape index (κ1) is 16.3. The summed E-state index contributed by atoms with van der Waals surface area (Å²) < 4.78 is 0. The predicted octanol–water partition coefficient (Wildman–Crippen LogP) is 3.06. The molecule has 0 fully saturated rings. The van der Waals surface area contributed by atoms with Crippen LogP contribution < -0.4 is 5.32 Å². The summed E-state index contributed by atoms with van der Waals surface area (Å²) in [5, 5.41) is 12.7. The molecule has 3 nitrogen and oxygen atoms in total. The van der Waals surface area contributed by atoms with Crippen molar-refractivity contribution >= 4 is 29.1 Å². The van der Waals surface area contributed by atoms with Gasteiger partial charge in [-0.25, -0.2) is 0 Å². The lowest BCUT2D eigenvalue weighted by atomic mass is 10.1. The molecule has 0 saturated heterocycles. The van der Waals surface area contributed by atoms with Crippen LogP contribution in [-0.2, 0) is 11.2 Å². The van der Waals surface area contributed by atoms with Crippen molar-refractivity contribution in [2.24, 2.45) is 5.92 Å². The van der Waals surface area contributed by atoms with Crippen molar-refractivity contribution in [3.05, 3.63) is 33.8 Å². The lowest BCUT2D eigenvalue weighted by molar-refractivity contribution is -0.121. The zero-order valence-corrected chi connectivity index (χ0v) is 12.5. The Morgan fingerprint density at radius 2 is 2.11 bits per heavy atom. The fraction of sp³-hybridized carbons (Fsp3) is 0.500. The van der Waals surface area contributed by atoms with E-state index >= 15 is 0 Å². The second-order valence-electron chi connectivity index (χ2n) is 4.69. The van der Waals surface area contributed by atoms with Gasteiger partial charge in [-0.3, -0.25) is 4.79 Å². The molecule has 1 unspecified atom stereocenters. The Bertz CT molecular complexity index is 424. The van der Waals surface area contributed by atoms with E-state index in [1.54, 1.807) is 6.07 Å². The number of carbonyl (C=O) groups is 1. The van der Waals surface area contributed by atoms with E-state index in [9.17, 15) is 4.79 Å². The molecule has 0 aliphatic rings. The molecular weight excluding hydrogens is 285 g/mol. The van der Waals surface area contributed by atoms with Crippen molar-refractivity contribution in [2.45, 2.75) is 26.2 Å². The van der Waals surface area contributed by atoms with Gasteiger partial charge >= 0.3 is 0 Å². The third-order valence-corrected chi connectivity index (χ3v) is 3.55. The van der Waals surface area contributed by atoms with Gasteiger partial charge in [0, 0.05) is 19.6 Å². The molecule has 1 rings (SSSR count). The number of halogens is 2. The van der Waals surface area contributed by atoms with Crippen molar-refractivity contribution in [2.75, 3.05) is 13.2 Å². The molecule has 0 aliphatic carbocycles. The van der Waals surface area contributed by atoms with Gasteiger partial charge in [-0.05, 0) is 36.5 Å². The Morgan fingerprint density at radius 1 is 1.37 bits per heavy atom. The first-order valence-electron chi connectivity index (χ1n) is 6.34. The maximum atomic E-state index is 11.5. The molecule has 1 atom stereocenters. The number of amides is 1. The van der Waals surface area contributed by atoms with Crippen molar-refractivity contribution in [1.82, 2.24) is 5.32 Å². The van der Waals surface area contributed by atoms with Gasteiger partial charge in [-0.1, -0.05) is 36.2 Å². The van der Waals surface area contributed by atoms with Gasteiger partial charge in [0.25, 0.3) is 0 Å². The van der Waals surface area contributed by atoms with Gasteiger partial charge in [0.2, 0.25) is 5.91 Å². The molecule has 0 aromatic heterocycles. The number of hydrogen-bond donors (Lipinski definition) is 2. The Hall–Kier alpha value is -0.770. The van der Waals surface area contributed by atoms with E-state index in [1.807, 2.05) is 19.1 Å².